The van der Waals surface area contributed by atoms with E-state index in [0.717, 1.165) is 17.7 Å². The number of carbonyl (C=O) groups is 1. The molecular formula is C19H17NO2. The van der Waals surface area contributed by atoms with Crippen LogP contribution in [0.15, 0.2) is 71.3 Å². The fourth-order valence-corrected chi connectivity index (χ4v) is 2.42. The Morgan fingerprint density at radius 3 is 2.45 bits per heavy atom. The molecule has 0 atom stereocenters. The molecule has 2 aromatic carbocycles. The highest BCUT2D eigenvalue weighted by Gasteiger charge is 2.13. The molecule has 110 valence electrons. The van der Waals surface area contributed by atoms with Crippen LogP contribution in [0.5, 0.6) is 0 Å². The highest BCUT2D eigenvalue weighted by molar-refractivity contribution is 6.05. The minimum absolute atomic E-state index is 0.147. The fraction of sp³-hybridized carbons (Fsp3) is 0.105. The van der Waals surface area contributed by atoms with E-state index in [-0.39, 0.29) is 5.91 Å². The molecule has 3 heteroatoms. The van der Waals surface area contributed by atoms with Crippen molar-refractivity contribution in [2.45, 2.75) is 13.3 Å². The van der Waals surface area contributed by atoms with Crippen molar-refractivity contribution in [3.63, 3.8) is 0 Å². The number of nitrogens with one attached hydrogen (secondary N) is 1. The number of furan rings is 1. The predicted molar refractivity (Wildman–Crippen MR) is 87.1 cm³/mol. The van der Waals surface area contributed by atoms with Gasteiger partial charge in [-0.15, -0.1) is 0 Å². The van der Waals surface area contributed by atoms with Crippen LogP contribution < -0.4 is 5.32 Å². The molecule has 0 aliphatic heterocycles. The van der Waals surface area contributed by atoms with Gasteiger partial charge >= 0.3 is 0 Å². The zero-order valence-corrected chi connectivity index (χ0v) is 12.4. The summed E-state index contributed by atoms with van der Waals surface area (Å²) in [5, 5.41) is 2.98. The summed E-state index contributed by atoms with van der Waals surface area (Å²) in [4.78, 5) is 12.3. The first-order chi connectivity index (χ1) is 10.7. The summed E-state index contributed by atoms with van der Waals surface area (Å²) in [6.45, 7) is 1.78. The van der Waals surface area contributed by atoms with Crippen molar-refractivity contribution in [2.24, 2.45) is 0 Å². The van der Waals surface area contributed by atoms with E-state index in [1.165, 1.54) is 11.8 Å². The van der Waals surface area contributed by atoms with Gasteiger partial charge in [0, 0.05) is 5.69 Å². The maximum Gasteiger partial charge on any atom is 0.259 e. The van der Waals surface area contributed by atoms with Gasteiger partial charge in [0.25, 0.3) is 5.91 Å². The summed E-state index contributed by atoms with van der Waals surface area (Å²) in [6.07, 6.45) is 2.31. The first-order valence-electron chi connectivity index (χ1n) is 7.21. The second-order valence-corrected chi connectivity index (χ2v) is 5.16. The Bertz CT molecular complexity index is 775. The van der Waals surface area contributed by atoms with Crippen LogP contribution in [0.1, 0.15) is 27.2 Å². The number of anilines is 1. The Labute approximate surface area is 129 Å². The second-order valence-electron chi connectivity index (χ2n) is 5.16. The lowest BCUT2D eigenvalue weighted by Crippen LogP contribution is -2.13. The molecule has 3 aromatic rings. The highest BCUT2D eigenvalue weighted by Crippen LogP contribution is 2.20. The summed E-state index contributed by atoms with van der Waals surface area (Å²) in [7, 11) is 0. The molecule has 0 saturated carbocycles. The standard InChI is InChI=1S/C19H17NO2/c1-14-17(11-12-22-14)19(21)20-18-10-6-5-9-16(18)13-15-7-3-2-4-8-15/h2-12H,13H2,1H3,(H,20,21). The number of benzene rings is 2. The monoisotopic (exact) mass is 291 g/mol. The smallest absolute Gasteiger partial charge is 0.259 e. The van der Waals surface area contributed by atoms with Crippen molar-refractivity contribution < 1.29 is 9.21 Å². The molecule has 0 bridgehead atoms. The van der Waals surface area contributed by atoms with Gasteiger partial charge in [-0.2, -0.15) is 0 Å². The Morgan fingerprint density at radius 2 is 1.73 bits per heavy atom. The van der Waals surface area contributed by atoms with E-state index in [4.69, 9.17) is 4.42 Å². The van der Waals surface area contributed by atoms with E-state index in [9.17, 15) is 4.79 Å². The largest absolute Gasteiger partial charge is 0.469 e. The van der Waals surface area contributed by atoms with Crippen molar-refractivity contribution in [2.75, 3.05) is 5.32 Å². The number of para-hydroxylation sites is 1. The van der Waals surface area contributed by atoms with E-state index in [0.29, 0.717) is 11.3 Å². The van der Waals surface area contributed by atoms with Crippen LogP contribution in [0.3, 0.4) is 0 Å². The first-order valence-corrected chi connectivity index (χ1v) is 7.21. The van der Waals surface area contributed by atoms with Gasteiger partial charge in [-0.05, 0) is 36.6 Å². The van der Waals surface area contributed by atoms with Crippen molar-refractivity contribution in [1.29, 1.82) is 0 Å². The summed E-state index contributed by atoms with van der Waals surface area (Å²) in [5.74, 6) is 0.477. The number of amides is 1. The van der Waals surface area contributed by atoms with Crippen molar-refractivity contribution in [3.8, 4) is 0 Å². The average Bonchev–Trinajstić information content (AvgIpc) is 2.96. The molecule has 0 spiro atoms. The number of aryl methyl sites for hydroxylation is 1. The Kier molecular flexibility index (Phi) is 4.05. The molecule has 22 heavy (non-hydrogen) atoms. The van der Waals surface area contributed by atoms with Gasteiger partial charge in [0.15, 0.2) is 0 Å². The van der Waals surface area contributed by atoms with Crippen LogP contribution in [-0.2, 0) is 6.42 Å². The van der Waals surface area contributed by atoms with Crippen molar-refractivity contribution >= 4 is 11.6 Å². The Hall–Kier alpha value is -2.81. The molecule has 0 fully saturated rings. The van der Waals surface area contributed by atoms with Crippen LogP contribution in [0.25, 0.3) is 0 Å². The SMILES string of the molecule is Cc1occc1C(=O)Nc1ccccc1Cc1ccccc1. The minimum atomic E-state index is -0.147. The molecule has 1 heterocycles. The maximum absolute atomic E-state index is 12.3. The van der Waals surface area contributed by atoms with Gasteiger partial charge in [-0.1, -0.05) is 48.5 Å². The van der Waals surface area contributed by atoms with E-state index in [1.54, 1.807) is 13.0 Å². The van der Waals surface area contributed by atoms with E-state index in [1.807, 2.05) is 42.5 Å². The molecular weight excluding hydrogens is 274 g/mol. The fourth-order valence-electron chi connectivity index (χ4n) is 2.42. The van der Waals surface area contributed by atoms with Crippen molar-refractivity contribution in [3.05, 3.63) is 89.4 Å². The number of hydrogen-bond donors (Lipinski definition) is 1. The Balaban J connectivity index is 1.83. The first kappa shape index (κ1) is 14.1. The van der Waals surface area contributed by atoms with Gasteiger partial charge < -0.3 is 9.73 Å². The summed E-state index contributed by atoms with van der Waals surface area (Å²) < 4.78 is 5.19. The zero-order valence-electron chi connectivity index (χ0n) is 12.4. The van der Waals surface area contributed by atoms with Gasteiger partial charge in [0.1, 0.15) is 5.76 Å². The zero-order chi connectivity index (χ0) is 15.4. The van der Waals surface area contributed by atoms with E-state index >= 15 is 0 Å². The van der Waals surface area contributed by atoms with Crippen LogP contribution in [0.2, 0.25) is 0 Å². The topological polar surface area (TPSA) is 42.2 Å². The number of hydrogen-bond acceptors (Lipinski definition) is 2. The summed E-state index contributed by atoms with van der Waals surface area (Å²) in [5.41, 5.74) is 3.69. The van der Waals surface area contributed by atoms with Gasteiger partial charge in [-0.25, -0.2) is 0 Å². The predicted octanol–water partition coefficient (Wildman–Crippen LogP) is 4.43. The second kappa shape index (κ2) is 6.31. The molecule has 0 unspecified atom stereocenters. The molecule has 1 amide bonds. The van der Waals surface area contributed by atoms with E-state index in [2.05, 4.69) is 17.4 Å². The van der Waals surface area contributed by atoms with Crippen LogP contribution in [-0.4, -0.2) is 5.91 Å². The highest BCUT2D eigenvalue weighted by atomic mass is 16.3. The van der Waals surface area contributed by atoms with Crippen LogP contribution in [0.4, 0.5) is 5.69 Å². The third kappa shape index (κ3) is 3.09. The molecule has 1 N–H and O–H groups in total. The molecule has 3 nitrogen and oxygen atoms in total. The molecule has 1 aromatic heterocycles. The lowest BCUT2D eigenvalue weighted by molar-refractivity contribution is 0.102. The normalized spacial score (nSPS) is 10.4. The van der Waals surface area contributed by atoms with Crippen molar-refractivity contribution in [1.82, 2.24) is 0 Å². The number of rotatable bonds is 4. The quantitative estimate of drug-likeness (QED) is 0.772. The van der Waals surface area contributed by atoms with E-state index < -0.39 is 0 Å². The van der Waals surface area contributed by atoms with Crippen LogP contribution in [0, 0.1) is 6.92 Å². The molecule has 0 radical (unpaired) electrons. The van der Waals surface area contributed by atoms with Gasteiger partial charge in [-0.3, -0.25) is 4.79 Å². The summed E-state index contributed by atoms with van der Waals surface area (Å²) >= 11 is 0. The summed E-state index contributed by atoms with van der Waals surface area (Å²) in [6, 6.07) is 19.7. The molecule has 3 rings (SSSR count). The molecule has 0 aliphatic carbocycles. The average molecular weight is 291 g/mol. The van der Waals surface area contributed by atoms with Gasteiger partial charge in [0.2, 0.25) is 0 Å². The molecule has 0 aliphatic rings. The lowest BCUT2D eigenvalue weighted by atomic mass is 10.0. The van der Waals surface area contributed by atoms with Gasteiger partial charge in [0.05, 0.1) is 11.8 Å². The third-order valence-electron chi connectivity index (χ3n) is 3.61. The number of carbonyl (C=O) groups excluding carboxylic acids is 1. The lowest BCUT2D eigenvalue weighted by Gasteiger charge is -2.11. The minimum Gasteiger partial charge on any atom is -0.469 e. The third-order valence-corrected chi connectivity index (χ3v) is 3.61. The van der Waals surface area contributed by atoms with Crippen LogP contribution >= 0.6 is 0 Å². The Morgan fingerprint density at radius 1 is 1.00 bits per heavy atom. The molecule has 0 saturated heterocycles. The maximum atomic E-state index is 12.3.